The van der Waals surface area contributed by atoms with Gasteiger partial charge in [-0.15, -0.1) is 0 Å². The van der Waals surface area contributed by atoms with Crippen LogP contribution < -0.4 is 5.73 Å². The smallest absolute Gasteiger partial charge is 0.00489 e. The molecule has 0 heterocycles. The van der Waals surface area contributed by atoms with Gasteiger partial charge in [0.15, 0.2) is 0 Å². The van der Waals surface area contributed by atoms with E-state index in [4.69, 9.17) is 5.73 Å². The van der Waals surface area contributed by atoms with Crippen molar-refractivity contribution in [2.75, 3.05) is 6.54 Å². The molecule has 14 heavy (non-hydrogen) atoms. The molecule has 0 aromatic rings. The Labute approximate surface area is 89.5 Å². The molecule has 0 radical (unpaired) electrons. The molecular formula is C13H27N. The Morgan fingerprint density at radius 2 is 1.71 bits per heavy atom. The number of rotatable bonds is 5. The van der Waals surface area contributed by atoms with E-state index in [1.165, 1.54) is 44.9 Å². The van der Waals surface area contributed by atoms with Gasteiger partial charge in [-0.05, 0) is 43.6 Å². The van der Waals surface area contributed by atoms with Gasteiger partial charge in [-0.25, -0.2) is 0 Å². The van der Waals surface area contributed by atoms with Crippen LogP contribution in [0.1, 0.15) is 58.8 Å². The number of hydrogen-bond acceptors (Lipinski definition) is 1. The van der Waals surface area contributed by atoms with Gasteiger partial charge in [0.25, 0.3) is 0 Å². The zero-order valence-corrected chi connectivity index (χ0v) is 9.97. The Bertz CT molecular complexity index is 136. The number of hydrogen-bond donors (Lipinski definition) is 1. The largest absolute Gasteiger partial charge is 0.330 e. The molecule has 1 fully saturated rings. The average molecular weight is 197 g/mol. The van der Waals surface area contributed by atoms with Gasteiger partial charge < -0.3 is 5.73 Å². The minimum atomic E-state index is 0.840. The van der Waals surface area contributed by atoms with Crippen LogP contribution in [-0.2, 0) is 0 Å². The first kappa shape index (κ1) is 12.0. The second-order valence-corrected chi connectivity index (χ2v) is 5.25. The molecule has 1 atom stereocenters. The Morgan fingerprint density at radius 1 is 1.14 bits per heavy atom. The molecule has 1 aliphatic rings. The summed E-state index contributed by atoms with van der Waals surface area (Å²) >= 11 is 0. The molecule has 0 aromatic carbocycles. The molecule has 0 aromatic heterocycles. The number of nitrogens with two attached hydrogens (primary N) is 1. The van der Waals surface area contributed by atoms with E-state index in [-0.39, 0.29) is 0 Å². The topological polar surface area (TPSA) is 26.0 Å². The minimum absolute atomic E-state index is 0.840. The van der Waals surface area contributed by atoms with Crippen LogP contribution in [0.3, 0.4) is 0 Å². The van der Waals surface area contributed by atoms with E-state index in [1.807, 2.05) is 0 Å². The zero-order chi connectivity index (χ0) is 10.4. The summed E-state index contributed by atoms with van der Waals surface area (Å²) in [4.78, 5) is 0. The lowest BCUT2D eigenvalue weighted by atomic mass is 9.78. The first-order valence-corrected chi connectivity index (χ1v) is 6.46. The molecule has 0 saturated heterocycles. The maximum Gasteiger partial charge on any atom is -0.00489 e. The van der Waals surface area contributed by atoms with Gasteiger partial charge in [0.05, 0.1) is 0 Å². The van der Waals surface area contributed by atoms with Crippen molar-refractivity contribution >= 4 is 0 Å². The highest BCUT2D eigenvalue weighted by molar-refractivity contribution is 4.74. The second kappa shape index (κ2) is 6.44. The fourth-order valence-electron chi connectivity index (χ4n) is 2.88. The Hall–Kier alpha value is -0.0400. The average Bonchev–Trinajstić information content (AvgIpc) is 2.19. The van der Waals surface area contributed by atoms with Crippen molar-refractivity contribution in [2.45, 2.75) is 58.8 Å². The standard InChI is InChI=1S/C13H27N/c1-3-4-11(2)9-12-5-7-13(10-14)8-6-12/h11-13H,3-10,14H2,1-2H3. The molecule has 0 amide bonds. The Morgan fingerprint density at radius 3 is 2.21 bits per heavy atom. The highest BCUT2D eigenvalue weighted by Crippen LogP contribution is 2.32. The predicted octanol–water partition coefficient (Wildman–Crippen LogP) is 3.58. The Balaban J connectivity index is 2.15. The molecule has 84 valence electrons. The molecule has 1 unspecified atom stereocenters. The molecule has 1 saturated carbocycles. The monoisotopic (exact) mass is 197 g/mol. The summed E-state index contributed by atoms with van der Waals surface area (Å²) in [6, 6.07) is 0. The summed E-state index contributed by atoms with van der Waals surface area (Å²) in [7, 11) is 0. The minimum Gasteiger partial charge on any atom is -0.330 e. The van der Waals surface area contributed by atoms with Crippen molar-refractivity contribution in [3.05, 3.63) is 0 Å². The van der Waals surface area contributed by atoms with Crippen LogP contribution in [0, 0.1) is 17.8 Å². The third kappa shape index (κ3) is 4.00. The van der Waals surface area contributed by atoms with Crippen molar-refractivity contribution in [3.63, 3.8) is 0 Å². The van der Waals surface area contributed by atoms with Gasteiger partial charge in [-0.2, -0.15) is 0 Å². The molecule has 2 N–H and O–H groups in total. The van der Waals surface area contributed by atoms with E-state index in [2.05, 4.69) is 13.8 Å². The summed E-state index contributed by atoms with van der Waals surface area (Å²) in [5, 5.41) is 0. The molecule has 0 spiro atoms. The van der Waals surface area contributed by atoms with Crippen LogP contribution >= 0.6 is 0 Å². The van der Waals surface area contributed by atoms with Gasteiger partial charge >= 0.3 is 0 Å². The van der Waals surface area contributed by atoms with Crippen molar-refractivity contribution in [1.29, 1.82) is 0 Å². The lowest BCUT2D eigenvalue weighted by Gasteiger charge is -2.29. The van der Waals surface area contributed by atoms with Gasteiger partial charge in [-0.3, -0.25) is 0 Å². The third-order valence-electron chi connectivity index (χ3n) is 3.82. The van der Waals surface area contributed by atoms with Crippen LogP contribution in [0.25, 0.3) is 0 Å². The van der Waals surface area contributed by atoms with Crippen molar-refractivity contribution in [1.82, 2.24) is 0 Å². The van der Waals surface area contributed by atoms with E-state index < -0.39 is 0 Å². The van der Waals surface area contributed by atoms with Crippen LogP contribution in [0.15, 0.2) is 0 Å². The summed E-state index contributed by atoms with van der Waals surface area (Å²) in [5.41, 5.74) is 5.70. The normalized spacial score (nSPS) is 30.2. The van der Waals surface area contributed by atoms with Gasteiger partial charge in [0, 0.05) is 0 Å². The van der Waals surface area contributed by atoms with Crippen LogP contribution in [0.4, 0.5) is 0 Å². The first-order chi connectivity index (χ1) is 6.76. The van der Waals surface area contributed by atoms with Crippen LogP contribution in [0.2, 0.25) is 0 Å². The SMILES string of the molecule is CCCC(C)CC1CCC(CN)CC1. The molecular weight excluding hydrogens is 170 g/mol. The molecule has 1 heteroatoms. The molecule has 1 rings (SSSR count). The maximum atomic E-state index is 5.70. The summed E-state index contributed by atoms with van der Waals surface area (Å²) in [6.45, 7) is 5.62. The van der Waals surface area contributed by atoms with Crippen molar-refractivity contribution < 1.29 is 0 Å². The van der Waals surface area contributed by atoms with Crippen molar-refractivity contribution in [2.24, 2.45) is 23.5 Å². The molecule has 0 bridgehead atoms. The third-order valence-corrected chi connectivity index (χ3v) is 3.82. The fourth-order valence-corrected chi connectivity index (χ4v) is 2.88. The maximum absolute atomic E-state index is 5.70. The fraction of sp³-hybridized carbons (Fsp3) is 1.00. The van der Waals surface area contributed by atoms with E-state index in [1.54, 1.807) is 0 Å². The van der Waals surface area contributed by atoms with E-state index >= 15 is 0 Å². The summed E-state index contributed by atoms with van der Waals surface area (Å²) in [5.74, 6) is 2.80. The highest BCUT2D eigenvalue weighted by Gasteiger charge is 2.21. The highest BCUT2D eigenvalue weighted by atomic mass is 14.5. The van der Waals surface area contributed by atoms with Crippen LogP contribution in [-0.4, -0.2) is 6.54 Å². The quantitative estimate of drug-likeness (QED) is 0.716. The van der Waals surface area contributed by atoms with E-state index in [9.17, 15) is 0 Å². The molecule has 1 aliphatic carbocycles. The van der Waals surface area contributed by atoms with Gasteiger partial charge in [0.1, 0.15) is 0 Å². The van der Waals surface area contributed by atoms with E-state index in [0.29, 0.717) is 0 Å². The van der Waals surface area contributed by atoms with Crippen molar-refractivity contribution in [3.8, 4) is 0 Å². The lowest BCUT2D eigenvalue weighted by molar-refractivity contribution is 0.239. The predicted molar refractivity (Wildman–Crippen MR) is 63.2 cm³/mol. The second-order valence-electron chi connectivity index (χ2n) is 5.25. The summed E-state index contributed by atoms with van der Waals surface area (Å²) in [6.07, 6.45) is 9.88. The summed E-state index contributed by atoms with van der Waals surface area (Å²) < 4.78 is 0. The van der Waals surface area contributed by atoms with Crippen LogP contribution in [0.5, 0.6) is 0 Å². The first-order valence-electron chi connectivity index (χ1n) is 6.46. The van der Waals surface area contributed by atoms with Gasteiger partial charge in [-0.1, -0.05) is 39.5 Å². The Kier molecular flexibility index (Phi) is 5.54. The zero-order valence-electron chi connectivity index (χ0n) is 9.97. The van der Waals surface area contributed by atoms with E-state index in [0.717, 1.165) is 24.3 Å². The molecule has 0 aliphatic heterocycles. The lowest BCUT2D eigenvalue weighted by Crippen LogP contribution is -2.22. The molecule has 1 nitrogen and oxygen atoms in total. The van der Waals surface area contributed by atoms with Gasteiger partial charge in [0.2, 0.25) is 0 Å².